The summed E-state index contributed by atoms with van der Waals surface area (Å²) in [4.78, 5) is 9.00. The number of hydrogen-bond donors (Lipinski definition) is 1. The average Bonchev–Trinajstić information content (AvgIpc) is 1.33. The Kier molecular flexibility index (Phi) is 14.2. The van der Waals surface area contributed by atoms with Crippen molar-refractivity contribution in [3.05, 3.63) is 0 Å². The van der Waals surface area contributed by atoms with Crippen LogP contribution in [0.2, 0.25) is 9.36 Å². The first-order chi connectivity index (χ1) is 3.15. The second kappa shape index (κ2) is 9.60. The van der Waals surface area contributed by atoms with Crippen molar-refractivity contribution in [1.29, 1.82) is 0 Å². The molecule has 0 saturated carbocycles. The Bertz CT molecular complexity index is 41.0. The Balaban J connectivity index is 0. The molecule has 0 spiro atoms. The molecule has 3 heteroatoms. The van der Waals surface area contributed by atoms with Crippen LogP contribution in [0.15, 0.2) is 0 Å². The van der Waals surface area contributed by atoms with Crippen LogP contribution in [0.1, 0.15) is 6.92 Å². The van der Waals surface area contributed by atoms with Crippen LogP contribution in [0.5, 0.6) is 0 Å². The van der Waals surface area contributed by atoms with Gasteiger partial charge in [0.25, 0.3) is 5.97 Å². The molecule has 0 bridgehead atoms. The molecule has 42 valence electrons. The molecular formula is C4H11InO2. The molecule has 0 saturated heterocycles. The van der Waals surface area contributed by atoms with E-state index in [4.69, 9.17) is 9.90 Å². The third-order valence-corrected chi connectivity index (χ3v) is 0. The van der Waals surface area contributed by atoms with Crippen LogP contribution in [0.25, 0.3) is 0 Å². The summed E-state index contributed by atoms with van der Waals surface area (Å²) in [5, 5.41) is 7.42. The normalized spacial score (nSPS) is 5.57. The zero-order valence-corrected chi connectivity index (χ0v) is 9.10. The fourth-order valence-electron chi connectivity index (χ4n) is 0. The van der Waals surface area contributed by atoms with Crippen LogP contribution in [0.3, 0.4) is 0 Å². The van der Waals surface area contributed by atoms with Gasteiger partial charge < -0.3 is 5.11 Å². The molecule has 0 atom stereocenters. The molecule has 7 heavy (non-hydrogen) atoms. The zero-order valence-electron chi connectivity index (χ0n) is 5.06. The number of aliphatic carboxylic acids is 1. The molecule has 0 fully saturated rings. The van der Waals surface area contributed by atoms with Gasteiger partial charge in [0, 0.05) is 6.92 Å². The van der Waals surface area contributed by atoms with Crippen molar-refractivity contribution in [2.75, 3.05) is 0 Å². The van der Waals surface area contributed by atoms with E-state index in [9.17, 15) is 0 Å². The summed E-state index contributed by atoms with van der Waals surface area (Å²) < 4.78 is 4.67. The van der Waals surface area contributed by atoms with E-state index in [-0.39, 0.29) is 22.9 Å². The van der Waals surface area contributed by atoms with E-state index in [0.717, 1.165) is 6.92 Å². The molecule has 0 amide bonds. The summed E-state index contributed by atoms with van der Waals surface area (Å²) in [5.41, 5.74) is 0. The Morgan fingerprint density at radius 1 is 1.57 bits per heavy atom. The second-order valence-electron chi connectivity index (χ2n) is 1.23. The van der Waals surface area contributed by atoms with Crippen LogP contribution in [0.4, 0.5) is 0 Å². The average molecular weight is 206 g/mol. The van der Waals surface area contributed by atoms with E-state index in [2.05, 4.69) is 9.36 Å². The molecule has 0 unspecified atom stereocenters. The third-order valence-electron chi connectivity index (χ3n) is 0. The van der Waals surface area contributed by atoms with Crippen molar-refractivity contribution in [1.82, 2.24) is 0 Å². The van der Waals surface area contributed by atoms with Gasteiger partial charge in [-0.2, -0.15) is 0 Å². The maximum atomic E-state index is 9.00. The molecule has 0 aromatic rings. The van der Waals surface area contributed by atoms with E-state index in [1.54, 1.807) is 0 Å². The van der Waals surface area contributed by atoms with Crippen molar-refractivity contribution in [2.45, 2.75) is 16.3 Å². The predicted octanol–water partition coefficient (Wildman–Crippen LogP) is 0.610. The topological polar surface area (TPSA) is 37.3 Å². The molecule has 0 aliphatic heterocycles. The Morgan fingerprint density at radius 3 is 1.57 bits per heavy atom. The van der Waals surface area contributed by atoms with Gasteiger partial charge >= 0.3 is 32.3 Å². The third kappa shape index (κ3) is 1030. The molecule has 0 rings (SSSR count). The Labute approximate surface area is 55.3 Å². The van der Waals surface area contributed by atoms with Gasteiger partial charge in [-0.1, -0.05) is 0 Å². The summed E-state index contributed by atoms with van der Waals surface area (Å²) >= 11 is -0.01000. The van der Waals surface area contributed by atoms with Crippen molar-refractivity contribution in [3.8, 4) is 0 Å². The molecular weight excluding hydrogens is 195 g/mol. The van der Waals surface area contributed by atoms with Gasteiger partial charge in [0.05, 0.1) is 0 Å². The van der Waals surface area contributed by atoms with Gasteiger partial charge in [0.15, 0.2) is 0 Å². The summed E-state index contributed by atoms with van der Waals surface area (Å²) in [7, 11) is 0. The van der Waals surface area contributed by atoms with E-state index in [1.807, 2.05) is 0 Å². The molecule has 2 nitrogen and oxygen atoms in total. The quantitative estimate of drug-likeness (QED) is 0.630. The second-order valence-corrected chi connectivity index (χ2v) is 5.26. The molecule has 0 aliphatic carbocycles. The minimum absolute atomic E-state index is 0.01000. The van der Waals surface area contributed by atoms with Gasteiger partial charge in [-0.05, 0) is 0 Å². The molecule has 0 radical (unpaired) electrons. The SMILES string of the molecule is CC(=O)O.[CH3][InH][CH3]. The van der Waals surface area contributed by atoms with Gasteiger partial charge in [-0.3, -0.25) is 4.79 Å². The molecule has 1 N–H and O–H groups in total. The monoisotopic (exact) mass is 206 g/mol. The molecule has 0 heterocycles. The Morgan fingerprint density at radius 2 is 1.57 bits per heavy atom. The van der Waals surface area contributed by atoms with Gasteiger partial charge in [-0.15, -0.1) is 0 Å². The Hall–Kier alpha value is 0.340. The number of hydrogen-bond acceptors (Lipinski definition) is 1. The van der Waals surface area contributed by atoms with E-state index < -0.39 is 5.97 Å². The first-order valence-corrected chi connectivity index (χ1v) is 10.4. The van der Waals surface area contributed by atoms with Gasteiger partial charge in [-0.25, -0.2) is 0 Å². The zero-order chi connectivity index (χ0) is 6.28. The summed E-state index contributed by atoms with van der Waals surface area (Å²) in [6.45, 7) is 1.08. The van der Waals surface area contributed by atoms with Gasteiger partial charge in [0.2, 0.25) is 0 Å². The molecule has 0 aromatic carbocycles. The first-order valence-electron chi connectivity index (χ1n) is 2.34. The predicted molar refractivity (Wildman–Crippen MR) is 32.2 cm³/mol. The molecule has 0 aromatic heterocycles. The molecule has 0 aliphatic rings. The van der Waals surface area contributed by atoms with E-state index in [1.165, 1.54) is 0 Å². The summed E-state index contributed by atoms with van der Waals surface area (Å²) in [5.74, 6) is -0.833. The number of rotatable bonds is 0. The number of carbonyl (C=O) groups is 1. The summed E-state index contributed by atoms with van der Waals surface area (Å²) in [6, 6.07) is 0. The van der Waals surface area contributed by atoms with Crippen molar-refractivity contribution >= 4 is 28.9 Å². The van der Waals surface area contributed by atoms with Crippen molar-refractivity contribution in [2.24, 2.45) is 0 Å². The fourth-order valence-corrected chi connectivity index (χ4v) is 0. The van der Waals surface area contributed by atoms with Crippen molar-refractivity contribution in [3.63, 3.8) is 0 Å². The van der Waals surface area contributed by atoms with Crippen LogP contribution in [-0.4, -0.2) is 34.0 Å². The minimum atomic E-state index is -0.833. The van der Waals surface area contributed by atoms with E-state index in [0.29, 0.717) is 0 Å². The first kappa shape index (κ1) is 10.3. The van der Waals surface area contributed by atoms with Gasteiger partial charge in [0.1, 0.15) is 0 Å². The van der Waals surface area contributed by atoms with Crippen LogP contribution < -0.4 is 0 Å². The number of carboxylic acids is 1. The summed E-state index contributed by atoms with van der Waals surface area (Å²) in [6.07, 6.45) is 0. The van der Waals surface area contributed by atoms with Crippen LogP contribution in [-0.2, 0) is 4.79 Å². The van der Waals surface area contributed by atoms with Crippen LogP contribution >= 0.6 is 0 Å². The standard InChI is InChI=1S/C2H4O2.2CH3.In.H/c1-2(3)4;;;;/h1H3,(H,3,4);2*1H3;;. The van der Waals surface area contributed by atoms with Crippen molar-refractivity contribution < 1.29 is 9.90 Å². The van der Waals surface area contributed by atoms with Crippen LogP contribution in [0, 0.1) is 0 Å². The maximum absolute atomic E-state index is 9.00. The number of carboxylic acid groups (broad SMARTS) is 1. The van der Waals surface area contributed by atoms with E-state index >= 15 is 0 Å². The fraction of sp³-hybridized carbons (Fsp3) is 0.750.